The van der Waals surface area contributed by atoms with Gasteiger partial charge >= 0.3 is 0 Å². The first-order valence-corrected chi connectivity index (χ1v) is 9.14. The van der Waals surface area contributed by atoms with Crippen LogP contribution >= 0.6 is 0 Å². The molecule has 0 radical (unpaired) electrons. The number of piperazine rings is 1. The molecule has 2 aliphatic rings. The van der Waals surface area contributed by atoms with Crippen molar-refractivity contribution < 1.29 is 9.53 Å². The maximum absolute atomic E-state index is 11.9. The second-order valence-corrected chi connectivity index (χ2v) is 6.64. The number of likely N-dealkylation sites (tertiary alicyclic amines) is 1. The van der Waals surface area contributed by atoms with E-state index in [4.69, 9.17) is 4.74 Å². The van der Waals surface area contributed by atoms with Crippen molar-refractivity contribution in [1.82, 2.24) is 9.80 Å². The van der Waals surface area contributed by atoms with Crippen molar-refractivity contribution >= 4 is 12.0 Å². The molecule has 4 heteroatoms. The molecule has 130 valence electrons. The summed E-state index contributed by atoms with van der Waals surface area (Å²) in [5.41, 5.74) is 1.20. The van der Waals surface area contributed by atoms with Crippen LogP contribution in [-0.4, -0.2) is 54.0 Å². The van der Waals surface area contributed by atoms with Crippen LogP contribution < -0.4 is 4.74 Å². The van der Waals surface area contributed by atoms with Crippen LogP contribution in [0.2, 0.25) is 0 Å². The van der Waals surface area contributed by atoms with E-state index in [0.29, 0.717) is 31.0 Å². The fourth-order valence-electron chi connectivity index (χ4n) is 3.87. The number of ether oxygens (including phenoxy) is 1. The zero-order chi connectivity index (χ0) is 16.9. The van der Waals surface area contributed by atoms with Crippen LogP contribution in [0, 0.1) is 0 Å². The summed E-state index contributed by atoms with van der Waals surface area (Å²) in [5.74, 6) is 1.22. The number of nitrogens with zero attached hydrogens (tertiary/aromatic N) is 2. The Kier molecular flexibility index (Phi) is 5.56. The third-order valence-electron chi connectivity index (χ3n) is 5.11. The van der Waals surface area contributed by atoms with E-state index in [1.807, 2.05) is 26.0 Å². The van der Waals surface area contributed by atoms with Crippen molar-refractivity contribution in [1.29, 1.82) is 0 Å². The third kappa shape index (κ3) is 3.81. The Hall–Kier alpha value is -1.81. The van der Waals surface area contributed by atoms with Gasteiger partial charge in [0, 0.05) is 38.1 Å². The number of benzene rings is 1. The summed E-state index contributed by atoms with van der Waals surface area (Å²) >= 11 is 0. The molecule has 2 fully saturated rings. The van der Waals surface area contributed by atoms with Gasteiger partial charge in [0.25, 0.3) is 0 Å². The summed E-state index contributed by atoms with van der Waals surface area (Å²) in [6.07, 6.45) is 7.48. The van der Waals surface area contributed by atoms with Gasteiger partial charge in [-0.25, -0.2) is 0 Å². The first-order valence-electron chi connectivity index (χ1n) is 9.14. The summed E-state index contributed by atoms with van der Waals surface area (Å²) in [5, 5.41) is 0. The summed E-state index contributed by atoms with van der Waals surface area (Å²) < 4.78 is 5.47. The molecular formula is C20H28N2O2. The number of hydrogen-bond donors (Lipinski definition) is 0. The van der Waals surface area contributed by atoms with Gasteiger partial charge in [0.2, 0.25) is 5.91 Å². The fourth-order valence-corrected chi connectivity index (χ4v) is 3.87. The molecule has 4 nitrogen and oxygen atoms in total. The normalized spacial score (nSPS) is 23.8. The first kappa shape index (κ1) is 17.0. The van der Waals surface area contributed by atoms with E-state index < -0.39 is 0 Å². The molecule has 0 spiro atoms. The van der Waals surface area contributed by atoms with Crippen molar-refractivity contribution in [3.05, 3.63) is 35.9 Å². The minimum absolute atomic E-state index is 0.302. The zero-order valence-electron chi connectivity index (χ0n) is 14.8. The number of carbonyl (C=O) groups is 1. The van der Waals surface area contributed by atoms with Crippen molar-refractivity contribution in [3.8, 4) is 5.75 Å². The molecule has 1 aromatic rings. The molecule has 0 N–H and O–H groups in total. The molecule has 1 amide bonds. The average molecular weight is 328 g/mol. The Labute approximate surface area is 145 Å². The topological polar surface area (TPSA) is 32.8 Å². The van der Waals surface area contributed by atoms with E-state index in [1.54, 1.807) is 0 Å². The molecule has 2 heterocycles. The lowest BCUT2D eigenvalue weighted by molar-refractivity contribution is -0.134. The van der Waals surface area contributed by atoms with E-state index in [9.17, 15) is 4.79 Å². The largest absolute Gasteiger partial charge is 0.494 e. The monoisotopic (exact) mass is 328 g/mol. The van der Waals surface area contributed by atoms with E-state index in [2.05, 4.69) is 34.1 Å². The second kappa shape index (κ2) is 7.84. The molecule has 2 aliphatic heterocycles. The summed E-state index contributed by atoms with van der Waals surface area (Å²) in [6, 6.07) is 9.28. The number of fused-ring (bicyclic) bond motifs is 2. The zero-order valence-corrected chi connectivity index (χ0v) is 14.8. The maximum atomic E-state index is 11.9. The number of amides is 1. The number of carbonyl (C=O) groups excluding carboxylic acids is 1. The Morgan fingerprint density at radius 1 is 1.17 bits per heavy atom. The van der Waals surface area contributed by atoms with Crippen molar-refractivity contribution in [3.63, 3.8) is 0 Å². The minimum Gasteiger partial charge on any atom is -0.494 e. The highest BCUT2D eigenvalue weighted by atomic mass is 16.5. The predicted molar refractivity (Wildman–Crippen MR) is 97.0 cm³/mol. The Morgan fingerprint density at radius 3 is 2.42 bits per heavy atom. The van der Waals surface area contributed by atoms with Crippen LogP contribution in [0.25, 0.3) is 6.08 Å². The molecule has 2 saturated heterocycles. The van der Waals surface area contributed by atoms with Gasteiger partial charge in [0.05, 0.1) is 6.61 Å². The summed E-state index contributed by atoms with van der Waals surface area (Å²) in [4.78, 5) is 16.6. The van der Waals surface area contributed by atoms with Gasteiger partial charge < -0.3 is 9.64 Å². The van der Waals surface area contributed by atoms with Crippen molar-refractivity contribution in [2.75, 3.05) is 26.2 Å². The maximum Gasteiger partial charge on any atom is 0.222 e. The highest BCUT2D eigenvalue weighted by Gasteiger charge is 2.40. The van der Waals surface area contributed by atoms with E-state index >= 15 is 0 Å². The second-order valence-electron chi connectivity index (χ2n) is 6.64. The Balaban J connectivity index is 1.54. The Bertz CT molecular complexity index is 568. The van der Waals surface area contributed by atoms with Gasteiger partial charge in [-0.05, 0) is 37.5 Å². The van der Waals surface area contributed by atoms with Crippen molar-refractivity contribution in [2.45, 2.75) is 45.2 Å². The molecule has 2 bridgehead atoms. The fraction of sp³-hybridized carbons (Fsp3) is 0.550. The first-order chi connectivity index (χ1) is 11.7. The third-order valence-corrected chi connectivity index (χ3v) is 5.11. The molecule has 0 aliphatic carbocycles. The highest BCUT2D eigenvalue weighted by Crippen LogP contribution is 2.30. The van der Waals surface area contributed by atoms with Gasteiger partial charge in [-0.15, -0.1) is 0 Å². The summed E-state index contributed by atoms with van der Waals surface area (Å²) in [7, 11) is 0. The molecule has 2 atom stereocenters. The van der Waals surface area contributed by atoms with Gasteiger partial charge in [0.15, 0.2) is 0 Å². The van der Waals surface area contributed by atoms with Crippen LogP contribution in [0.3, 0.4) is 0 Å². The Morgan fingerprint density at radius 2 is 1.83 bits per heavy atom. The quantitative estimate of drug-likeness (QED) is 0.804. The molecule has 0 aromatic heterocycles. The SMILES string of the molecule is CCOc1ccc(/C=C/CN2C3CCC2CN(C(=O)CC)C3)cc1. The van der Waals surface area contributed by atoms with Crippen LogP contribution in [0.5, 0.6) is 5.75 Å². The molecule has 24 heavy (non-hydrogen) atoms. The average Bonchev–Trinajstić information content (AvgIpc) is 2.84. The molecule has 0 saturated carbocycles. The summed E-state index contributed by atoms with van der Waals surface area (Å²) in [6.45, 7) is 7.42. The van der Waals surface area contributed by atoms with E-state index in [1.165, 1.54) is 18.4 Å². The van der Waals surface area contributed by atoms with E-state index in [0.717, 1.165) is 25.4 Å². The minimum atomic E-state index is 0.302. The lowest BCUT2D eigenvalue weighted by Gasteiger charge is -2.40. The van der Waals surface area contributed by atoms with Gasteiger partial charge in [-0.3, -0.25) is 9.69 Å². The van der Waals surface area contributed by atoms with Crippen LogP contribution in [0.1, 0.15) is 38.7 Å². The standard InChI is InChI=1S/C20H28N2O2/c1-3-20(23)21-14-17-9-10-18(15-21)22(17)13-5-6-16-7-11-19(12-8-16)24-4-2/h5-8,11-12,17-18H,3-4,9-10,13-15H2,1-2H3/b6-5+. The van der Waals surface area contributed by atoms with Gasteiger partial charge in [-0.2, -0.15) is 0 Å². The lowest BCUT2D eigenvalue weighted by atomic mass is 10.1. The van der Waals surface area contributed by atoms with E-state index in [-0.39, 0.29) is 0 Å². The number of rotatable bonds is 6. The molecule has 2 unspecified atom stereocenters. The molecule has 3 rings (SSSR count). The van der Waals surface area contributed by atoms with Crippen LogP contribution in [-0.2, 0) is 4.79 Å². The van der Waals surface area contributed by atoms with Gasteiger partial charge in [0.1, 0.15) is 5.75 Å². The number of hydrogen-bond acceptors (Lipinski definition) is 3. The van der Waals surface area contributed by atoms with Crippen LogP contribution in [0.15, 0.2) is 30.3 Å². The smallest absolute Gasteiger partial charge is 0.222 e. The van der Waals surface area contributed by atoms with Gasteiger partial charge in [-0.1, -0.05) is 31.2 Å². The molecule has 1 aromatic carbocycles. The predicted octanol–water partition coefficient (Wildman–Crippen LogP) is 3.18. The molecular weight excluding hydrogens is 300 g/mol. The lowest BCUT2D eigenvalue weighted by Crippen LogP contribution is -2.55. The van der Waals surface area contributed by atoms with Crippen molar-refractivity contribution in [2.24, 2.45) is 0 Å². The highest BCUT2D eigenvalue weighted by molar-refractivity contribution is 5.76. The van der Waals surface area contributed by atoms with Crippen LogP contribution in [0.4, 0.5) is 0 Å².